The van der Waals surface area contributed by atoms with E-state index in [0.29, 0.717) is 33.5 Å². The van der Waals surface area contributed by atoms with Gasteiger partial charge in [0.25, 0.3) is 0 Å². The predicted octanol–water partition coefficient (Wildman–Crippen LogP) is 6.00. The van der Waals surface area contributed by atoms with Crippen molar-refractivity contribution < 1.29 is 17.9 Å². The molecular weight excluding hydrogens is 483 g/mol. The van der Waals surface area contributed by atoms with Crippen molar-refractivity contribution in [3.05, 3.63) is 93.5 Å². The molecule has 3 aromatic rings. The molecule has 0 spiro atoms. The van der Waals surface area contributed by atoms with Gasteiger partial charge in [0, 0.05) is 12.8 Å². The van der Waals surface area contributed by atoms with Gasteiger partial charge in [-0.3, -0.25) is 0 Å². The number of carbonyl (C=O) groups excluding carboxylic acids is 1. The number of rotatable bonds is 8. The number of hydrogen-bond donors (Lipinski definition) is 2. The molecule has 6 nitrogen and oxygen atoms in total. The third-order valence-corrected chi connectivity index (χ3v) is 7.49. The van der Waals surface area contributed by atoms with Gasteiger partial charge in [0.15, 0.2) is 9.84 Å². The number of ether oxygens (including phenoxy) is 1. The molecule has 0 fully saturated rings. The van der Waals surface area contributed by atoms with E-state index in [-0.39, 0.29) is 16.7 Å². The Morgan fingerprint density at radius 2 is 1.61 bits per heavy atom. The van der Waals surface area contributed by atoms with Crippen molar-refractivity contribution in [3.8, 4) is 0 Å². The SMILES string of the molecule is COCc1ccc(CS(=O)(=O)c2ccc(NC(=O)NC(C)c3cccc(Cl)c3Cl)cc2)cc1. The Morgan fingerprint density at radius 3 is 2.24 bits per heavy atom. The molecule has 0 bridgehead atoms. The third kappa shape index (κ3) is 6.71. The van der Waals surface area contributed by atoms with Gasteiger partial charge in [0.1, 0.15) is 0 Å². The summed E-state index contributed by atoms with van der Waals surface area (Å²) in [4.78, 5) is 12.5. The smallest absolute Gasteiger partial charge is 0.319 e. The van der Waals surface area contributed by atoms with Crippen LogP contribution in [0.25, 0.3) is 0 Å². The fraction of sp³-hybridized carbons (Fsp3) is 0.208. The summed E-state index contributed by atoms with van der Waals surface area (Å²) in [6.07, 6.45) is 0. The largest absolute Gasteiger partial charge is 0.380 e. The van der Waals surface area contributed by atoms with Crippen molar-refractivity contribution in [2.45, 2.75) is 30.2 Å². The van der Waals surface area contributed by atoms with Gasteiger partial charge in [0.05, 0.1) is 33.3 Å². The topological polar surface area (TPSA) is 84.5 Å². The van der Waals surface area contributed by atoms with Crippen LogP contribution in [0.15, 0.2) is 71.6 Å². The van der Waals surface area contributed by atoms with E-state index in [1.165, 1.54) is 12.1 Å². The Kier molecular flexibility index (Phi) is 8.37. The van der Waals surface area contributed by atoms with Crippen LogP contribution in [0.5, 0.6) is 0 Å². The average Bonchev–Trinajstić information content (AvgIpc) is 2.77. The summed E-state index contributed by atoms with van der Waals surface area (Å²) in [5.41, 5.74) is 2.81. The zero-order chi connectivity index (χ0) is 24.0. The van der Waals surface area contributed by atoms with Crippen molar-refractivity contribution in [2.24, 2.45) is 0 Å². The Morgan fingerprint density at radius 1 is 0.970 bits per heavy atom. The molecule has 0 radical (unpaired) electrons. The Bertz CT molecular complexity index is 1210. The summed E-state index contributed by atoms with van der Waals surface area (Å²) in [5, 5.41) is 6.27. The number of nitrogens with one attached hydrogen (secondary N) is 2. The fourth-order valence-corrected chi connectivity index (χ4v) is 5.06. The van der Waals surface area contributed by atoms with Crippen molar-refractivity contribution >= 4 is 44.8 Å². The summed E-state index contributed by atoms with van der Waals surface area (Å²) in [5.74, 6) is -0.120. The molecule has 1 unspecified atom stereocenters. The molecule has 0 saturated heterocycles. The minimum absolute atomic E-state index is 0.120. The first-order valence-corrected chi connectivity index (χ1v) is 12.5. The molecule has 0 saturated carbocycles. The van der Waals surface area contributed by atoms with Crippen LogP contribution >= 0.6 is 23.2 Å². The number of hydrogen-bond acceptors (Lipinski definition) is 4. The van der Waals surface area contributed by atoms with E-state index in [1.807, 2.05) is 12.1 Å². The molecule has 0 aliphatic rings. The van der Waals surface area contributed by atoms with E-state index in [2.05, 4.69) is 10.6 Å². The second-order valence-electron chi connectivity index (χ2n) is 7.50. The maximum Gasteiger partial charge on any atom is 0.319 e. The monoisotopic (exact) mass is 506 g/mol. The molecule has 0 heterocycles. The van der Waals surface area contributed by atoms with Crippen LogP contribution in [0, 0.1) is 0 Å². The summed E-state index contributed by atoms with van der Waals surface area (Å²) in [6, 6.07) is 17.7. The van der Waals surface area contributed by atoms with Crippen molar-refractivity contribution in [1.82, 2.24) is 5.32 Å². The zero-order valence-electron chi connectivity index (χ0n) is 18.1. The number of sulfone groups is 1. The summed E-state index contributed by atoms with van der Waals surface area (Å²) in [7, 11) is -1.93. The van der Waals surface area contributed by atoms with E-state index in [4.69, 9.17) is 27.9 Å². The second-order valence-corrected chi connectivity index (χ2v) is 10.3. The van der Waals surface area contributed by atoms with Gasteiger partial charge < -0.3 is 15.4 Å². The lowest BCUT2D eigenvalue weighted by Gasteiger charge is -2.17. The lowest BCUT2D eigenvalue weighted by atomic mass is 10.1. The Hall–Kier alpha value is -2.58. The Labute approximate surface area is 203 Å². The van der Waals surface area contributed by atoms with Crippen LogP contribution in [-0.2, 0) is 26.9 Å². The van der Waals surface area contributed by atoms with Gasteiger partial charge in [-0.1, -0.05) is 59.6 Å². The number of amides is 2. The standard InChI is InChI=1S/C24H24Cl2N2O4S/c1-16(21-4-3-5-22(25)23(21)26)27-24(29)28-19-10-12-20(13-11-19)33(30,31)15-18-8-6-17(7-9-18)14-32-2/h3-13,16H,14-15H2,1-2H3,(H2,27,28,29). The van der Waals surface area contributed by atoms with Gasteiger partial charge >= 0.3 is 6.03 Å². The quantitative estimate of drug-likeness (QED) is 0.392. The first-order chi connectivity index (χ1) is 15.7. The molecule has 9 heteroatoms. The number of methoxy groups -OCH3 is 1. The minimum Gasteiger partial charge on any atom is -0.380 e. The number of benzene rings is 3. The lowest BCUT2D eigenvalue weighted by Crippen LogP contribution is -2.31. The van der Waals surface area contributed by atoms with Crippen LogP contribution < -0.4 is 10.6 Å². The highest BCUT2D eigenvalue weighted by Crippen LogP contribution is 2.29. The number of urea groups is 1. The van der Waals surface area contributed by atoms with Gasteiger partial charge in [-0.25, -0.2) is 13.2 Å². The molecule has 33 heavy (non-hydrogen) atoms. The molecule has 0 aliphatic carbocycles. The summed E-state index contributed by atoms with van der Waals surface area (Å²) in [6.45, 7) is 2.26. The van der Waals surface area contributed by atoms with E-state index in [0.717, 1.165) is 5.56 Å². The number of anilines is 1. The van der Waals surface area contributed by atoms with Crippen molar-refractivity contribution in [3.63, 3.8) is 0 Å². The van der Waals surface area contributed by atoms with E-state index in [1.54, 1.807) is 56.5 Å². The van der Waals surface area contributed by atoms with Gasteiger partial charge in [-0.15, -0.1) is 0 Å². The van der Waals surface area contributed by atoms with E-state index >= 15 is 0 Å². The fourth-order valence-electron chi connectivity index (χ4n) is 3.24. The van der Waals surface area contributed by atoms with Crippen LogP contribution in [0.4, 0.5) is 10.5 Å². The number of halogens is 2. The molecular formula is C24H24Cl2N2O4S. The summed E-state index contributed by atoms with van der Waals surface area (Å²) >= 11 is 12.2. The molecule has 3 rings (SSSR count). The molecule has 3 aromatic carbocycles. The van der Waals surface area contributed by atoms with Crippen molar-refractivity contribution in [1.29, 1.82) is 0 Å². The molecule has 2 amide bonds. The first kappa shape index (κ1) is 25.1. The average molecular weight is 507 g/mol. The molecule has 0 aliphatic heterocycles. The predicted molar refractivity (Wildman–Crippen MR) is 132 cm³/mol. The first-order valence-electron chi connectivity index (χ1n) is 10.1. The molecule has 0 aromatic heterocycles. The van der Waals surface area contributed by atoms with Crippen LogP contribution in [0.1, 0.15) is 29.7 Å². The summed E-state index contributed by atoms with van der Waals surface area (Å²) < 4.78 is 30.6. The molecule has 2 N–H and O–H groups in total. The normalized spacial score (nSPS) is 12.2. The van der Waals surface area contributed by atoms with Crippen LogP contribution in [0.2, 0.25) is 10.0 Å². The molecule has 174 valence electrons. The van der Waals surface area contributed by atoms with E-state index < -0.39 is 15.9 Å². The van der Waals surface area contributed by atoms with Crippen LogP contribution in [0.3, 0.4) is 0 Å². The highest BCUT2D eigenvalue weighted by atomic mass is 35.5. The van der Waals surface area contributed by atoms with E-state index in [9.17, 15) is 13.2 Å². The minimum atomic E-state index is -3.53. The maximum atomic E-state index is 12.8. The van der Waals surface area contributed by atoms with Gasteiger partial charge in [0.2, 0.25) is 0 Å². The highest BCUT2D eigenvalue weighted by molar-refractivity contribution is 7.90. The van der Waals surface area contributed by atoms with Crippen LogP contribution in [-0.4, -0.2) is 21.6 Å². The zero-order valence-corrected chi connectivity index (χ0v) is 20.5. The number of carbonyl (C=O) groups is 1. The van der Waals surface area contributed by atoms with Gasteiger partial charge in [-0.05, 0) is 53.9 Å². The third-order valence-electron chi connectivity index (χ3n) is 4.96. The van der Waals surface area contributed by atoms with Crippen molar-refractivity contribution in [2.75, 3.05) is 12.4 Å². The molecule has 1 atom stereocenters. The lowest BCUT2D eigenvalue weighted by molar-refractivity contribution is 0.185. The maximum absolute atomic E-state index is 12.8. The second kappa shape index (κ2) is 11.0. The highest BCUT2D eigenvalue weighted by Gasteiger charge is 2.17. The van der Waals surface area contributed by atoms with Gasteiger partial charge in [-0.2, -0.15) is 0 Å². The Balaban J connectivity index is 1.61.